The third-order valence-electron chi connectivity index (χ3n) is 6.33. The molecule has 1 aromatic carbocycles. The molecule has 28 heavy (non-hydrogen) atoms. The van der Waals surface area contributed by atoms with Crippen molar-refractivity contribution in [1.29, 1.82) is 0 Å². The zero-order valence-corrected chi connectivity index (χ0v) is 16.6. The molecule has 3 heterocycles. The second kappa shape index (κ2) is 8.62. The molecule has 2 amide bonds. The topological polar surface area (TPSA) is 67.9 Å². The lowest BCUT2D eigenvalue weighted by Crippen LogP contribution is -2.40. The molecule has 152 valence electrons. The summed E-state index contributed by atoms with van der Waals surface area (Å²) in [6.07, 6.45) is 3.01. The van der Waals surface area contributed by atoms with Crippen molar-refractivity contribution in [2.24, 2.45) is 11.8 Å². The number of carbonyl (C=O) groups is 2. The molecular weight excluding hydrogens is 356 g/mol. The summed E-state index contributed by atoms with van der Waals surface area (Å²) in [5.41, 5.74) is 2.20. The molecule has 3 aliphatic heterocycles. The first-order valence-corrected chi connectivity index (χ1v) is 10.4. The van der Waals surface area contributed by atoms with Crippen LogP contribution in [0.15, 0.2) is 24.3 Å². The maximum absolute atomic E-state index is 12.9. The summed E-state index contributed by atoms with van der Waals surface area (Å²) in [5.74, 6) is 0.325. The number of hydrogen-bond donors (Lipinski definition) is 1. The molecule has 0 aliphatic carbocycles. The number of rotatable bonds is 5. The smallest absolute Gasteiger partial charge is 0.227 e. The van der Waals surface area contributed by atoms with E-state index in [1.807, 2.05) is 36.1 Å². The fourth-order valence-electron chi connectivity index (χ4n) is 4.60. The standard InChI is InChI=1S/C22H30N2O4/c1-15-2-4-16(5-3-15)12-20(25)24-14-18(21-19(24)8-11-28-21)22(26)23-13-17-6-9-27-10-7-17/h2-5,17-19,21H,6-14H2,1H3,(H,23,26)/t18-,19-,21-/m0/s1. The fraction of sp³-hybridized carbons (Fsp3) is 0.636. The third kappa shape index (κ3) is 4.23. The van der Waals surface area contributed by atoms with E-state index in [1.54, 1.807) is 0 Å². The molecule has 6 heteroatoms. The highest BCUT2D eigenvalue weighted by molar-refractivity contribution is 5.84. The highest BCUT2D eigenvalue weighted by atomic mass is 16.5. The Morgan fingerprint density at radius 1 is 1.11 bits per heavy atom. The summed E-state index contributed by atoms with van der Waals surface area (Å²) < 4.78 is 11.3. The molecule has 0 aromatic heterocycles. The van der Waals surface area contributed by atoms with Gasteiger partial charge in [0.25, 0.3) is 0 Å². The second-order valence-electron chi connectivity index (χ2n) is 8.31. The van der Waals surface area contributed by atoms with Crippen LogP contribution < -0.4 is 5.32 Å². The van der Waals surface area contributed by atoms with Crippen molar-refractivity contribution in [3.63, 3.8) is 0 Å². The number of nitrogens with one attached hydrogen (secondary N) is 1. The van der Waals surface area contributed by atoms with Crippen LogP contribution in [0, 0.1) is 18.8 Å². The van der Waals surface area contributed by atoms with Gasteiger partial charge in [0.05, 0.1) is 24.5 Å². The number of carbonyl (C=O) groups excluding carboxylic acids is 2. The first-order chi connectivity index (χ1) is 13.6. The van der Waals surface area contributed by atoms with Gasteiger partial charge >= 0.3 is 0 Å². The van der Waals surface area contributed by atoms with E-state index in [2.05, 4.69) is 5.32 Å². The van der Waals surface area contributed by atoms with Gasteiger partial charge in [-0.2, -0.15) is 0 Å². The minimum atomic E-state index is -0.269. The highest BCUT2D eigenvalue weighted by Gasteiger charge is 2.50. The number of aryl methyl sites for hydroxylation is 1. The van der Waals surface area contributed by atoms with Gasteiger partial charge < -0.3 is 19.7 Å². The van der Waals surface area contributed by atoms with Crippen LogP contribution in [0.25, 0.3) is 0 Å². The zero-order chi connectivity index (χ0) is 19.5. The SMILES string of the molecule is Cc1ccc(CC(=O)N2C[C@H](C(=O)NCC3CCOCC3)[C@@H]3OCC[C@@H]32)cc1. The molecule has 4 rings (SSSR count). The van der Waals surface area contributed by atoms with Crippen molar-refractivity contribution < 1.29 is 19.1 Å². The Morgan fingerprint density at radius 2 is 1.86 bits per heavy atom. The van der Waals surface area contributed by atoms with Crippen molar-refractivity contribution >= 4 is 11.8 Å². The number of likely N-dealkylation sites (tertiary alicyclic amines) is 1. The van der Waals surface area contributed by atoms with Crippen LogP contribution in [0.3, 0.4) is 0 Å². The lowest BCUT2D eigenvalue weighted by molar-refractivity contribution is -0.131. The van der Waals surface area contributed by atoms with Crippen LogP contribution in [0.4, 0.5) is 0 Å². The first kappa shape index (κ1) is 19.4. The molecule has 3 fully saturated rings. The molecule has 1 N–H and O–H groups in total. The Bertz CT molecular complexity index is 699. The van der Waals surface area contributed by atoms with Crippen molar-refractivity contribution in [1.82, 2.24) is 10.2 Å². The third-order valence-corrected chi connectivity index (χ3v) is 6.33. The second-order valence-corrected chi connectivity index (χ2v) is 8.31. The Kier molecular flexibility index (Phi) is 5.97. The molecular formula is C22H30N2O4. The monoisotopic (exact) mass is 386 g/mol. The number of nitrogens with zero attached hydrogens (tertiary/aromatic N) is 1. The van der Waals surface area contributed by atoms with Gasteiger partial charge in [-0.05, 0) is 37.7 Å². The molecule has 0 bridgehead atoms. The van der Waals surface area contributed by atoms with E-state index in [9.17, 15) is 9.59 Å². The van der Waals surface area contributed by atoms with Gasteiger partial charge in [0.15, 0.2) is 0 Å². The molecule has 0 saturated carbocycles. The number of hydrogen-bond acceptors (Lipinski definition) is 4. The molecule has 6 nitrogen and oxygen atoms in total. The van der Waals surface area contributed by atoms with E-state index in [-0.39, 0.29) is 29.9 Å². The van der Waals surface area contributed by atoms with E-state index in [0.29, 0.717) is 32.0 Å². The highest BCUT2D eigenvalue weighted by Crippen LogP contribution is 2.34. The molecule has 3 aliphatic rings. The number of benzene rings is 1. The first-order valence-electron chi connectivity index (χ1n) is 10.4. The average Bonchev–Trinajstić information content (AvgIpc) is 3.31. The summed E-state index contributed by atoms with van der Waals surface area (Å²) in [6, 6.07) is 8.09. The van der Waals surface area contributed by atoms with Crippen molar-refractivity contribution in [2.45, 2.75) is 44.8 Å². The number of amides is 2. The van der Waals surface area contributed by atoms with Gasteiger partial charge in [0, 0.05) is 32.9 Å². The minimum absolute atomic E-state index is 0.0222. The van der Waals surface area contributed by atoms with Crippen molar-refractivity contribution in [3.8, 4) is 0 Å². The van der Waals surface area contributed by atoms with Crippen LogP contribution in [-0.2, 0) is 25.5 Å². The van der Waals surface area contributed by atoms with Gasteiger partial charge in [-0.1, -0.05) is 29.8 Å². The van der Waals surface area contributed by atoms with Gasteiger partial charge in [0.2, 0.25) is 11.8 Å². The number of ether oxygens (including phenoxy) is 2. The van der Waals surface area contributed by atoms with Crippen LogP contribution in [0.1, 0.15) is 30.4 Å². The normalized spacial score (nSPS) is 27.6. The quantitative estimate of drug-likeness (QED) is 0.836. The summed E-state index contributed by atoms with van der Waals surface area (Å²) in [6.45, 7) is 5.36. The predicted molar refractivity (Wildman–Crippen MR) is 105 cm³/mol. The molecule has 0 unspecified atom stereocenters. The molecule has 1 aromatic rings. The van der Waals surface area contributed by atoms with Gasteiger partial charge in [-0.3, -0.25) is 9.59 Å². The Morgan fingerprint density at radius 3 is 2.61 bits per heavy atom. The van der Waals surface area contributed by atoms with E-state index in [1.165, 1.54) is 5.56 Å². The summed E-state index contributed by atoms with van der Waals surface area (Å²) in [7, 11) is 0. The van der Waals surface area contributed by atoms with Crippen LogP contribution in [0.5, 0.6) is 0 Å². The minimum Gasteiger partial charge on any atom is -0.381 e. The van der Waals surface area contributed by atoms with E-state index < -0.39 is 0 Å². The Labute approximate surface area is 166 Å². The molecule has 0 spiro atoms. The van der Waals surface area contributed by atoms with Crippen LogP contribution in [-0.4, -0.2) is 61.8 Å². The van der Waals surface area contributed by atoms with Crippen molar-refractivity contribution in [2.75, 3.05) is 32.9 Å². The van der Waals surface area contributed by atoms with E-state index in [4.69, 9.17) is 9.47 Å². The summed E-state index contributed by atoms with van der Waals surface area (Å²) in [5, 5.41) is 3.11. The Balaban J connectivity index is 1.36. The van der Waals surface area contributed by atoms with E-state index in [0.717, 1.165) is 38.0 Å². The van der Waals surface area contributed by atoms with Gasteiger partial charge in [-0.15, -0.1) is 0 Å². The summed E-state index contributed by atoms with van der Waals surface area (Å²) in [4.78, 5) is 27.7. The summed E-state index contributed by atoms with van der Waals surface area (Å²) >= 11 is 0. The van der Waals surface area contributed by atoms with E-state index >= 15 is 0 Å². The van der Waals surface area contributed by atoms with Crippen molar-refractivity contribution in [3.05, 3.63) is 35.4 Å². The maximum atomic E-state index is 12.9. The molecule has 3 atom stereocenters. The molecule has 0 radical (unpaired) electrons. The fourth-order valence-corrected chi connectivity index (χ4v) is 4.60. The largest absolute Gasteiger partial charge is 0.381 e. The Hall–Kier alpha value is -1.92. The maximum Gasteiger partial charge on any atom is 0.227 e. The lowest BCUT2D eigenvalue weighted by Gasteiger charge is -2.23. The van der Waals surface area contributed by atoms with Gasteiger partial charge in [-0.25, -0.2) is 0 Å². The number of fused-ring (bicyclic) bond motifs is 1. The van der Waals surface area contributed by atoms with Crippen LogP contribution >= 0.6 is 0 Å². The zero-order valence-electron chi connectivity index (χ0n) is 16.6. The molecule has 3 saturated heterocycles. The average molecular weight is 386 g/mol. The lowest BCUT2D eigenvalue weighted by atomic mass is 9.98. The predicted octanol–water partition coefficient (Wildman–Crippen LogP) is 1.70. The van der Waals surface area contributed by atoms with Crippen LogP contribution in [0.2, 0.25) is 0 Å². The van der Waals surface area contributed by atoms with Gasteiger partial charge in [0.1, 0.15) is 0 Å².